The summed E-state index contributed by atoms with van der Waals surface area (Å²) in [6, 6.07) is 10.1. The van der Waals surface area contributed by atoms with Gasteiger partial charge in [-0.1, -0.05) is 44.2 Å². The first-order chi connectivity index (χ1) is 12.0. The summed E-state index contributed by atoms with van der Waals surface area (Å²) in [6.07, 6.45) is 1.85. The van der Waals surface area contributed by atoms with Crippen molar-refractivity contribution in [3.8, 4) is 0 Å². The molecule has 1 aromatic carbocycles. The Bertz CT molecular complexity index is 542. The first-order valence-corrected chi connectivity index (χ1v) is 9.00. The smallest absolute Gasteiger partial charge is 0.407 e. The largest absolute Gasteiger partial charge is 0.445 e. The fourth-order valence-electron chi connectivity index (χ4n) is 2.63. The van der Waals surface area contributed by atoms with Gasteiger partial charge < -0.3 is 20.7 Å². The lowest BCUT2D eigenvalue weighted by Gasteiger charge is -2.36. The minimum Gasteiger partial charge on any atom is -0.445 e. The quantitative estimate of drug-likeness (QED) is 0.640. The van der Waals surface area contributed by atoms with Crippen molar-refractivity contribution in [2.75, 3.05) is 13.1 Å². The molecule has 0 saturated heterocycles. The van der Waals surface area contributed by atoms with E-state index in [-0.39, 0.29) is 24.6 Å². The summed E-state index contributed by atoms with van der Waals surface area (Å²) in [5.74, 6) is 0.553. The Kier molecular flexibility index (Phi) is 7.73. The number of hydrogen-bond acceptors (Lipinski definition) is 4. The number of carbonyl (C=O) groups excluding carboxylic acids is 2. The van der Waals surface area contributed by atoms with E-state index in [4.69, 9.17) is 4.74 Å². The van der Waals surface area contributed by atoms with Gasteiger partial charge in [0.25, 0.3) is 0 Å². The van der Waals surface area contributed by atoms with Crippen molar-refractivity contribution in [1.82, 2.24) is 16.0 Å². The van der Waals surface area contributed by atoms with Gasteiger partial charge in [-0.15, -0.1) is 0 Å². The summed E-state index contributed by atoms with van der Waals surface area (Å²) in [7, 11) is 0. The van der Waals surface area contributed by atoms with E-state index in [0.717, 1.165) is 24.9 Å². The maximum Gasteiger partial charge on any atom is 0.407 e. The topological polar surface area (TPSA) is 79.5 Å². The lowest BCUT2D eigenvalue weighted by molar-refractivity contribution is -0.121. The average molecular weight is 347 g/mol. The number of hydrogen-bond donors (Lipinski definition) is 3. The second-order valence-electron chi connectivity index (χ2n) is 6.97. The Hall–Kier alpha value is -2.08. The van der Waals surface area contributed by atoms with Crippen LogP contribution in [0.2, 0.25) is 0 Å². The van der Waals surface area contributed by atoms with Crippen LogP contribution in [0.25, 0.3) is 0 Å². The van der Waals surface area contributed by atoms with Crippen molar-refractivity contribution in [2.24, 2.45) is 5.92 Å². The molecule has 1 saturated carbocycles. The first-order valence-electron chi connectivity index (χ1n) is 9.00. The molecule has 25 heavy (non-hydrogen) atoms. The zero-order valence-electron chi connectivity index (χ0n) is 15.1. The molecule has 1 aromatic rings. The fourth-order valence-corrected chi connectivity index (χ4v) is 2.63. The Morgan fingerprint density at radius 2 is 1.88 bits per heavy atom. The second kappa shape index (κ2) is 10.0. The van der Waals surface area contributed by atoms with Gasteiger partial charge in [-0.3, -0.25) is 4.79 Å². The molecule has 0 bridgehead atoms. The van der Waals surface area contributed by atoms with E-state index >= 15 is 0 Å². The molecular weight excluding hydrogens is 318 g/mol. The molecule has 1 aliphatic carbocycles. The number of rotatable bonds is 9. The Morgan fingerprint density at radius 1 is 1.16 bits per heavy atom. The molecule has 0 unspecified atom stereocenters. The summed E-state index contributed by atoms with van der Waals surface area (Å²) in [4.78, 5) is 23.4. The highest BCUT2D eigenvalue weighted by Gasteiger charge is 2.30. The molecule has 138 valence electrons. The lowest BCUT2D eigenvalue weighted by Crippen LogP contribution is -2.52. The number of nitrogens with one attached hydrogen (secondary N) is 3. The molecule has 0 spiro atoms. The molecule has 0 aliphatic heterocycles. The van der Waals surface area contributed by atoms with Gasteiger partial charge in [0.05, 0.1) is 0 Å². The van der Waals surface area contributed by atoms with Crippen LogP contribution < -0.4 is 16.0 Å². The van der Waals surface area contributed by atoms with Crippen LogP contribution in [-0.2, 0) is 16.1 Å². The summed E-state index contributed by atoms with van der Waals surface area (Å²) >= 11 is 0. The van der Waals surface area contributed by atoms with Crippen molar-refractivity contribution in [3.05, 3.63) is 35.9 Å². The van der Waals surface area contributed by atoms with Gasteiger partial charge in [0.2, 0.25) is 5.91 Å². The van der Waals surface area contributed by atoms with Gasteiger partial charge in [-0.05, 0) is 24.3 Å². The second-order valence-corrected chi connectivity index (χ2v) is 6.97. The third kappa shape index (κ3) is 7.56. The number of amides is 2. The predicted octanol–water partition coefficient (Wildman–Crippen LogP) is 2.20. The summed E-state index contributed by atoms with van der Waals surface area (Å²) in [5.41, 5.74) is 0.974. The number of carbonyl (C=O) groups is 2. The number of ether oxygens (including phenoxy) is 1. The van der Waals surface area contributed by atoms with Gasteiger partial charge in [0.1, 0.15) is 6.61 Å². The van der Waals surface area contributed by atoms with E-state index in [1.807, 2.05) is 30.3 Å². The van der Waals surface area contributed by atoms with Crippen LogP contribution in [-0.4, -0.2) is 37.2 Å². The Balaban J connectivity index is 1.49. The molecule has 3 N–H and O–H groups in total. The summed E-state index contributed by atoms with van der Waals surface area (Å²) in [6.45, 7) is 5.82. The highest BCUT2D eigenvalue weighted by atomic mass is 16.5. The Labute approximate surface area is 149 Å². The van der Waals surface area contributed by atoms with E-state index in [1.54, 1.807) is 0 Å². The highest BCUT2D eigenvalue weighted by molar-refractivity contribution is 5.76. The molecule has 2 rings (SSSR count). The van der Waals surface area contributed by atoms with Gasteiger partial charge in [0, 0.05) is 31.6 Å². The molecule has 1 aliphatic rings. The third-order valence-electron chi connectivity index (χ3n) is 4.17. The fraction of sp³-hybridized carbons (Fsp3) is 0.579. The van der Waals surface area contributed by atoms with Crippen LogP contribution in [0, 0.1) is 5.92 Å². The van der Waals surface area contributed by atoms with Crippen LogP contribution in [0.3, 0.4) is 0 Å². The molecule has 2 amide bonds. The van der Waals surface area contributed by atoms with Crippen molar-refractivity contribution < 1.29 is 14.3 Å². The minimum absolute atomic E-state index is 0.0830. The zero-order chi connectivity index (χ0) is 18.1. The minimum atomic E-state index is -0.375. The summed E-state index contributed by atoms with van der Waals surface area (Å²) < 4.78 is 5.21. The van der Waals surface area contributed by atoms with Gasteiger partial charge in [-0.25, -0.2) is 4.79 Å². The predicted molar refractivity (Wildman–Crippen MR) is 97.0 cm³/mol. The van der Waals surface area contributed by atoms with Crippen molar-refractivity contribution in [2.45, 2.75) is 51.8 Å². The summed E-state index contributed by atoms with van der Waals surface area (Å²) in [5, 5.41) is 9.12. The first kappa shape index (κ1) is 19.2. The number of alkyl carbamates (subject to hydrolysis) is 1. The van der Waals surface area contributed by atoms with E-state index < -0.39 is 0 Å². The SMILES string of the molecule is CC(C)CNC(=O)CCNC1CC(NC(=O)OCc2ccccc2)C1. The van der Waals surface area contributed by atoms with E-state index in [0.29, 0.717) is 24.9 Å². The van der Waals surface area contributed by atoms with Crippen molar-refractivity contribution in [1.29, 1.82) is 0 Å². The monoisotopic (exact) mass is 347 g/mol. The van der Waals surface area contributed by atoms with Crippen molar-refractivity contribution >= 4 is 12.0 Å². The molecule has 1 fully saturated rings. The zero-order valence-corrected chi connectivity index (χ0v) is 15.1. The van der Waals surface area contributed by atoms with Crippen LogP contribution in [0.5, 0.6) is 0 Å². The maximum absolute atomic E-state index is 11.7. The van der Waals surface area contributed by atoms with Gasteiger partial charge >= 0.3 is 6.09 Å². The number of benzene rings is 1. The van der Waals surface area contributed by atoms with Crippen LogP contribution >= 0.6 is 0 Å². The van der Waals surface area contributed by atoms with Crippen LogP contribution in [0.1, 0.15) is 38.7 Å². The maximum atomic E-state index is 11.7. The molecule has 0 radical (unpaired) electrons. The highest BCUT2D eigenvalue weighted by Crippen LogP contribution is 2.20. The molecule has 6 heteroatoms. The normalized spacial score (nSPS) is 19.2. The molecule has 0 heterocycles. The van der Waals surface area contributed by atoms with Crippen LogP contribution in [0.15, 0.2) is 30.3 Å². The van der Waals surface area contributed by atoms with Crippen LogP contribution in [0.4, 0.5) is 4.79 Å². The van der Waals surface area contributed by atoms with E-state index in [9.17, 15) is 9.59 Å². The molecule has 6 nitrogen and oxygen atoms in total. The van der Waals surface area contributed by atoms with Crippen molar-refractivity contribution in [3.63, 3.8) is 0 Å². The lowest BCUT2D eigenvalue weighted by atomic mass is 9.87. The third-order valence-corrected chi connectivity index (χ3v) is 4.17. The average Bonchev–Trinajstić information content (AvgIpc) is 2.56. The van der Waals surface area contributed by atoms with E-state index in [1.165, 1.54) is 0 Å². The van der Waals surface area contributed by atoms with Gasteiger partial charge in [0.15, 0.2) is 0 Å². The van der Waals surface area contributed by atoms with E-state index in [2.05, 4.69) is 29.8 Å². The molecule has 0 aromatic heterocycles. The Morgan fingerprint density at radius 3 is 2.56 bits per heavy atom. The van der Waals surface area contributed by atoms with Gasteiger partial charge in [-0.2, -0.15) is 0 Å². The molecular formula is C19H29N3O3. The molecule has 0 atom stereocenters. The standard InChI is InChI=1S/C19H29N3O3/c1-14(2)12-21-18(23)8-9-20-16-10-17(11-16)22-19(24)25-13-15-6-4-3-5-7-15/h3-7,14,16-17,20H,8-13H2,1-2H3,(H,21,23)(H,22,24).